The van der Waals surface area contributed by atoms with E-state index in [1.807, 2.05) is 24.3 Å². The summed E-state index contributed by atoms with van der Waals surface area (Å²) in [6, 6.07) is 7.73. The summed E-state index contributed by atoms with van der Waals surface area (Å²) in [6.07, 6.45) is 1.33. The Morgan fingerprint density at radius 2 is 1.64 bits per heavy atom. The molecule has 0 aliphatic rings. The number of hydrogen-bond donors (Lipinski definition) is 1. The van der Waals surface area contributed by atoms with Crippen molar-refractivity contribution in [3.63, 3.8) is 0 Å². The van der Waals surface area contributed by atoms with E-state index in [9.17, 15) is 8.42 Å². The third kappa shape index (κ3) is 3.89. The van der Waals surface area contributed by atoms with Crippen LogP contribution in [-0.4, -0.2) is 18.7 Å². The first-order valence-electron chi connectivity index (χ1n) is 4.54. The Hall–Kier alpha value is -0.870. The summed E-state index contributed by atoms with van der Waals surface area (Å²) >= 11 is 0. The lowest BCUT2D eigenvalue weighted by Gasteiger charge is -2.01. The average molecular weight is 214 g/mol. The molecule has 3 nitrogen and oxygen atoms in total. The largest absolute Gasteiger partial charge is 0.286 e. The van der Waals surface area contributed by atoms with Gasteiger partial charge in [-0.2, -0.15) is 8.42 Å². The molecule has 0 amide bonds. The van der Waals surface area contributed by atoms with Crippen LogP contribution in [-0.2, 0) is 23.0 Å². The van der Waals surface area contributed by atoms with Gasteiger partial charge < -0.3 is 0 Å². The highest BCUT2D eigenvalue weighted by Crippen LogP contribution is 2.06. The molecule has 4 heteroatoms. The van der Waals surface area contributed by atoms with Crippen LogP contribution in [0.15, 0.2) is 24.3 Å². The lowest BCUT2D eigenvalue weighted by atomic mass is 10.1. The minimum absolute atomic E-state index is 0.210. The van der Waals surface area contributed by atoms with E-state index < -0.39 is 10.1 Å². The lowest BCUT2D eigenvalue weighted by molar-refractivity contribution is 0.482. The van der Waals surface area contributed by atoms with Gasteiger partial charge in [0.1, 0.15) is 0 Å². The number of rotatable bonds is 4. The molecule has 0 saturated carbocycles. The summed E-state index contributed by atoms with van der Waals surface area (Å²) < 4.78 is 29.5. The van der Waals surface area contributed by atoms with Gasteiger partial charge in [0.2, 0.25) is 0 Å². The summed E-state index contributed by atoms with van der Waals surface area (Å²) in [5.74, 6) is -0.210. The predicted octanol–water partition coefficient (Wildman–Crippen LogP) is 1.68. The van der Waals surface area contributed by atoms with Gasteiger partial charge in [0.15, 0.2) is 0 Å². The van der Waals surface area contributed by atoms with Crippen LogP contribution < -0.4 is 0 Å². The normalized spacial score (nSPS) is 11.6. The quantitative estimate of drug-likeness (QED) is 0.776. The smallest absolute Gasteiger partial charge is 0.265 e. The number of benzene rings is 1. The van der Waals surface area contributed by atoms with E-state index in [4.69, 9.17) is 4.55 Å². The first kappa shape index (κ1) is 11.2. The topological polar surface area (TPSA) is 54.4 Å². The molecule has 0 radical (unpaired) electrons. The summed E-state index contributed by atoms with van der Waals surface area (Å²) in [6.45, 7) is 2.06. The van der Waals surface area contributed by atoms with E-state index in [1.165, 1.54) is 5.56 Å². The molecule has 0 aromatic heterocycles. The first-order chi connectivity index (χ1) is 6.51. The average Bonchev–Trinajstić information content (AvgIpc) is 2.14. The van der Waals surface area contributed by atoms with E-state index in [1.54, 1.807) is 0 Å². The predicted molar refractivity (Wildman–Crippen MR) is 55.9 cm³/mol. The number of hydrogen-bond acceptors (Lipinski definition) is 2. The molecule has 0 fully saturated rings. The fourth-order valence-electron chi connectivity index (χ4n) is 1.19. The lowest BCUT2D eigenvalue weighted by Crippen LogP contribution is -2.06. The van der Waals surface area contributed by atoms with E-state index >= 15 is 0 Å². The SMILES string of the molecule is CCc1ccc(CCS(=O)(=O)O)cc1. The van der Waals surface area contributed by atoms with Crippen molar-refractivity contribution in [1.82, 2.24) is 0 Å². The van der Waals surface area contributed by atoms with Crippen molar-refractivity contribution < 1.29 is 13.0 Å². The van der Waals surface area contributed by atoms with Crippen LogP contribution in [0.25, 0.3) is 0 Å². The summed E-state index contributed by atoms with van der Waals surface area (Å²) in [5, 5.41) is 0. The monoisotopic (exact) mass is 214 g/mol. The van der Waals surface area contributed by atoms with Gasteiger partial charge in [-0.3, -0.25) is 4.55 Å². The molecule has 0 heterocycles. The second kappa shape index (κ2) is 4.57. The Balaban J connectivity index is 2.61. The second-order valence-corrected chi connectivity index (χ2v) is 4.78. The molecule has 1 aromatic carbocycles. The molecule has 78 valence electrons. The molecule has 1 N–H and O–H groups in total. The Bertz CT molecular complexity index is 378. The van der Waals surface area contributed by atoms with E-state index in [-0.39, 0.29) is 5.75 Å². The van der Waals surface area contributed by atoms with Gasteiger partial charge in [-0.15, -0.1) is 0 Å². The highest BCUT2D eigenvalue weighted by Gasteiger charge is 2.04. The fraction of sp³-hybridized carbons (Fsp3) is 0.400. The maximum absolute atomic E-state index is 10.5. The molecule has 1 rings (SSSR count). The third-order valence-corrected chi connectivity index (χ3v) is 2.80. The van der Waals surface area contributed by atoms with Gasteiger partial charge in [-0.25, -0.2) is 0 Å². The minimum Gasteiger partial charge on any atom is -0.286 e. The highest BCUT2D eigenvalue weighted by molar-refractivity contribution is 7.85. The van der Waals surface area contributed by atoms with Crippen molar-refractivity contribution in [2.24, 2.45) is 0 Å². The molecule has 0 spiro atoms. The van der Waals surface area contributed by atoms with Crippen LogP contribution >= 0.6 is 0 Å². The molecule has 0 aliphatic carbocycles. The second-order valence-electron chi connectivity index (χ2n) is 3.21. The Morgan fingerprint density at radius 1 is 1.14 bits per heavy atom. The Morgan fingerprint density at radius 3 is 2.07 bits per heavy atom. The van der Waals surface area contributed by atoms with E-state index in [0.717, 1.165) is 12.0 Å². The maximum Gasteiger partial charge on any atom is 0.265 e. The molecule has 0 saturated heterocycles. The minimum atomic E-state index is -3.84. The van der Waals surface area contributed by atoms with Crippen molar-refractivity contribution in [2.45, 2.75) is 19.8 Å². The number of aryl methyl sites for hydroxylation is 2. The highest BCUT2D eigenvalue weighted by atomic mass is 32.2. The summed E-state index contributed by atoms with van der Waals surface area (Å²) in [4.78, 5) is 0. The van der Waals surface area contributed by atoms with Gasteiger partial charge in [0.25, 0.3) is 10.1 Å². The van der Waals surface area contributed by atoms with Gasteiger partial charge in [-0.1, -0.05) is 31.2 Å². The Labute approximate surface area is 84.5 Å². The molecular formula is C10H14O3S. The van der Waals surface area contributed by atoms with Gasteiger partial charge in [0, 0.05) is 0 Å². The van der Waals surface area contributed by atoms with Crippen molar-refractivity contribution in [3.05, 3.63) is 35.4 Å². The first-order valence-corrected chi connectivity index (χ1v) is 6.15. The molecule has 0 aliphatic heterocycles. The Kier molecular flexibility index (Phi) is 3.66. The maximum atomic E-state index is 10.5. The van der Waals surface area contributed by atoms with Gasteiger partial charge in [-0.05, 0) is 24.0 Å². The van der Waals surface area contributed by atoms with Gasteiger partial charge in [0.05, 0.1) is 5.75 Å². The molecule has 0 unspecified atom stereocenters. The zero-order chi connectivity index (χ0) is 10.6. The summed E-state index contributed by atoms with van der Waals surface area (Å²) in [7, 11) is -3.84. The van der Waals surface area contributed by atoms with Crippen LogP contribution in [0, 0.1) is 0 Å². The van der Waals surface area contributed by atoms with Crippen LogP contribution in [0.2, 0.25) is 0 Å². The van der Waals surface area contributed by atoms with Crippen molar-refractivity contribution in [3.8, 4) is 0 Å². The van der Waals surface area contributed by atoms with Crippen LogP contribution in [0.4, 0.5) is 0 Å². The zero-order valence-electron chi connectivity index (χ0n) is 8.10. The zero-order valence-corrected chi connectivity index (χ0v) is 8.92. The fourth-order valence-corrected chi connectivity index (χ4v) is 1.68. The van der Waals surface area contributed by atoms with E-state index in [0.29, 0.717) is 6.42 Å². The molecule has 14 heavy (non-hydrogen) atoms. The standard InChI is InChI=1S/C10H14O3S/c1-2-9-3-5-10(6-4-9)7-8-14(11,12)13/h3-6H,2,7-8H2,1H3,(H,11,12,13). The third-order valence-electron chi connectivity index (χ3n) is 2.08. The van der Waals surface area contributed by atoms with Crippen LogP contribution in [0.3, 0.4) is 0 Å². The van der Waals surface area contributed by atoms with Crippen LogP contribution in [0.1, 0.15) is 18.1 Å². The molecule has 1 aromatic rings. The molecular weight excluding hydrogens is 200 g/mol. The van der Waals surface area contributed by atoms with Crippen molar-refractivity contribution in [1.29, 1.82) is 0 Å². The molecule has 0 atom stereocenters. The van der Waals surface area contributed by atoms with Crippen molar-refractivity contribution in [2.75, 3.05) is 5.75 Å². The summed E-state index contributed by atoms with van der Waals surface area (Å²) in [5.41, 5.74) is 2.15. The van der Waals surface area contributed by atoms with E-state index in [2.05, 4.69) is 6.92 Å². The van der Waals surface area contributed by atoms with Crippen LogP contribution in [0.5, 0.6) is 0 Å². The van der Waals surface area contributed by atoms with Crippen molar-refractivity contribution >= 4 is 10.1 Å². The van der Waals surface area contributed by atoms with Gasteiger partial charge >= 0.3 is 0 Å². The molecule has 0 bridgehead atoms.